The van der Waals surface area contributed by atoms with Gasteiger partial charge in [-0.25, -0.2) is 4.79 Å². The molecule has 0 aromatic heterocycles. The van der Waals surface area contributed by atoms with E-state index in [4.69, 9.17) is 19.4 Å². The lowest BCUT2D eigenvalue weighted by molar-refractivity contribution is -0.192. The Morgan fingerprint density at radius 3 is 2.49 bits per heavy atom. The van der Waals surface area contributed by atoms with Gasteiger partial charge in [-0.3, -0.25) is 14.7 Å². The molecule has 2 heterocycles. The Morgan fingerprint density at radius 1 is 1.11 bits per heavy atom. The number of esters is 1. The van der Waals surface area contributed by atoms with Gasteiger partial charge in [-0.15, -0.1) is 0 Å². The quantitative estimate of drug-likeness (QED) is 0.407. The van der Waals surface area contributed by atoms with Gasteiger partial charge < -0.3 is 19.5 Å². The molecule has 0 saturated carbocycles. The molecule has 0 amide bonds. The molecule has 1 aromatic carbocycles. The molecule has 0 radical (unpaired) electrons. The molecule has 0 aliphatic carbocycles. The molecule has 1 N–H and O–H groups in total. The molecule has 0 unspecified atom stereocenters. The maximum absolute atomic E-state index is 11.0. The second kappa shape index (κ2) is 14.6. The zero-order chi connectivity index (χ0) is 25.7. The standard InChI is InChI=1S/C22H33N3O3.C2HF3O2/c1-19(26)28-18-22-23-10-6-13-25(22)14-7-15-27-21-9-5-8-20(16-21)17-24-11-3-2-4-12-24;3-2(4,5)1(6)7/h5,8-9,16H,2-4,6-7,10-15,17-18H2,1H3;(H,6,7). The van der Waals surface area contributed by atoms with Crippen LogP contribution in [0.15, 0.2) is 29.3 Å². The molecule has 3 rings (SSSR count). The molecule has 8 nitrogen and oxygen atoms in total. The Bertz CT molecular complexity index is 842. The Balaban J connectivity index is 0.000000540. The first-order valence-electron chi connectivity index (χ1n) is 11.8. The summed E-state index contributed by atoms with van der Waals surface area (Å²) in [5.74, 6) is -1.19. The normalized spacial score (nSPS) is 16.6. The summed E-state index contributed by atoms with van der Waals surface area (Å²) in [6.07, 6.45) is 0.868. The predicted molar refractivity (Wildman–Crippen MR) is 124 cm³/mol. The average molecular weight is 502 g/mol. The highest BCUT2D eigenvalue weighted by Gasteiger charge is 2.38. The molecule has 0 atom stereocenters. The molecule has 35 heavy (non-hydrogen) atoms. The zero-order valence-corrected chi connectivity index (χ0v) is 20.1. The Hall–Kier alpha value is -2.82. The number of carbonyl (C=O) groups excluding carboxylic acids is 1. The van der Waals surface area contributed by atoms with Crippen molar-refractivity contribution in [2.24, 2.45) is 4.99 Å². The first kappa shape index (κ1) is 28.4. The third kappa shape index (κ3) is 11.4. The molecule has 11 heteroatoms. The molecule has 1 aromatic rings. The summed E-state index contributed by atoms with van der Waals surface area (Å²) >= 11 is 0. The Kier molecular flexibility index (Phi) is 11.8. The van der Waals surface area contributed by atoms with Gasteiger partial charge in [0.1, 0.15) is 18.2 Å². The van der Waals surface area contributed by atoms with Gasteiger partial charge in [0.25, 0.3) is 0 Å². The molecular weight excluding hydrogens is 467 g/mol. The van der Waals surface area contributed by atoms with Crippen LogP contribution in [0.5, 0.6) is 5.75 Å². The second-order valence-corrected chi connectivity index (χ2v) is 8.41. The van der Waals surface area contributed by atoms with Gasteiger partial charge in [0, 0.05) is 33.1 Å². The number of hydrogen-bond donors (Lipinski definition) is 1. The highest BCUT2D eigenvalue weighted by Crippen LogP contribution is 2.18. The molecule has 2 aliphatic rings. The van der Waals surface area contributed by atoms with E-state index in [-0.39, 0.29) is 12.6 Å². The van der Waals surface area contributed by atoms with E-state index in [1.807, 2.05) is 6.07 Å². The topological polar surface area (TPSA) is 91.7 Å². The first-order chi connectivity index (χ1) is 16.6. The van der Waals surface area contributed by atoms with Crippen molar-refractivity contribution >= 4 is 17.8 Å². The van der Waals surface area contributed by atoms with Crippen LogP contribution in [0.2, 0.25) is 0 Å². The van der Waals surface area contributed by atoms with E-state index in [9.17, 15) is 18.0 Å². The smallest absolute Gasteiger partial charge is 0.490 e. The molecular formula is C24H34F3N3O5. The van der Waals surface area contributed by atoms with E-state index < -0.39 is 12.1 Å². The van der Waals surface area contributed by atoms with Crippen LogP contribution < -0.4 is 4.74 Å². The van der Waals surface area contributed by atoms with Crippen molar-refractivity contribution in [3.05, 3.63) is 29.8 Å². The van der Waals surface area contributed by atoms with Gasteiger partial charge >= 0.3 is 18.1 Å². The maximum Gasteiger partial charge on any atom is 0.490 e. The lowest BCUT2D eigenvalue weighted by Crippen LogP contribution is -2.39. The number of aliphatic imine (C=N–C) groups is 1. The molecule has 196 valence electrons. The Labute approximate surface area is 203 Å². The fourth-order valence-corrected chi connectivity index (χ4v) is 3.80. The number of rotatable bonds is 9. The van der Waals surface area contributed by atoms with Crippen molar-refractivity contribution < 1.29 is 37.3 Å². The van der Waals surface area contributed by atoms with Crippen LogP contribution >= 0.6 is 0 Å². The van der Waals surface area contributed by atoms with Crippen molar-refractivity contribution in [2.45, 2.75) is 51.7 Å². The highest BCUT2D eigenvalue weighted by molar-refractivity contribution is 5.85. The molecule has 0 bridgehead atoms. The summed E-state index contributed by atoms with van der Waals surface area (Å²) in [6.45, 7) is 8.45. The number of piperidine rings is 1. The second-order valence-electron chi connectivity index (χ2n) is 8.41. The Morgan fingerprint density at radius 2 is 1.83 bits per heavy atom. The van der Waals surface area contributed by atoms with Gasteiger partial charge in [0.05, 0.1) is 6.61 Å². The molecule has 1 fully saturated rings. The number of benzene rings is 1. The monoisotopic (exact) mass is 501 g/mol. The number of hydrogen-bond acceptors (Lipinski definition) is 7. The van der Waals surface area contributed by atoms with E-state index in [1.165, 1.54) is 44.8 Å². The van der Waals surface area contributed by atoms with Crippen LogP contribution in [0, 0.1) is 0 Å². The number of aliphatic carboxylic acids is 1. The summed E-state index contributed by atoms with van der Waals surface area (Å²) in [6, 6.07) is 8.48. The highest BCUT2D eigenvalue weighted by atomic mass is 19.4. The summed E-state index contributed by atoms with van der Waals surface area (Å²) in [4.78, 5) is 29.2. The van der Waals surface area contributed by atoms with Crippen molar-refractivity contribution in [3.63, 3.8) is 0 Å². The lowest BCUT2D eigenvalue weighted by atomic mass is 10.1. The minimum absolute atomic E-state index is 0.263. The predicted octanol–water partition coefficient (Wildman–Crippen LogP) is 3.74. The van der Waals surface area contributed by atoms with Crippen LogP contribution in [0.4, 0.5) is 13.2 Å². The van der Waals surface area contributed by atoms with Crippen molar-refractivity contribution in [1.82, 2.24) is 9.80 Å². The van der Waals surface area contributed by atoms with Crippen LogP contribution in [0.1, 0.15) is 44.6 Å². The summed E-state index contributed by atoms with van der Waals surface area (Å²) < 4.78 is 42.8. The number of carbonyl (C=O) groups is 2. The maximum atomic E-state index is 11.0. The minimum atomic E-state index is -5.08. The number of carboxylic acid groups (broad SMARTS) is 1. The van der Waals surface area contributed by atoms with Crippen molar-refractivity contribution in [3.8, 4) is 5.75 Å². The summed E-state index contributed by atoms with van der Waals surface area (Å²) in [5, 5.41) is 7.12. The third-order valence-electron chi connectivity index (χ3n) is 5.49. The number of alkyl halides is 3. The van der Waals surface area contributed by atoms with Gasteiger partial charge in [-0.1, -0.05) is 18.6 Å². The van der Waals surface area contributed by atoms with E-state index in [1.54, 1.807) is 0 Å². The van der Waals surface area contributed by atoms with E-state index in [0.29, 0.717) is 6.61 Å². The van der Waals surface area contributed by atoms with Crippen molar-refractivity contribution in [2.75, 3.05) is 45.9 Å². The SMILES string of the molecule is CC(=O)OCC1=NCCCN1CCCOc1cccc(CN2CCCCC2)c1.O=C(O)C(F)(F)F. The fraction of sp³-hybridized carbons (Fsp3) is 0.625. The number of nitrogens with zero attached hydrogens (tertiary/aromatic N) is 3. The zero-order valence-electron chi connectivity index (χ0n) is 20.1. The van der Waals surface area contributed by atoms with Crippen LogP contribution in [0.3, 0.4) is 0 Å². The van der Waals surface area contributed by atoms with E-state index >= 15 is 0 Å². The number of likely N-dealkylation sites (tertiary alicyclic amines) is 1. The minimum Gasteiger partial charge on any atom is -0.494 e. The third-order valence-corrected chi connectivity index (χ3v) is 5.49. The number of carboxylic acids is 1. The van der Waals surface area contributed by atoms with E-state index in [2.05, 4.69) is 33.0 Å². The van der Waals surface area contributed by atoms with E-state index in [0.717, 1.165) is 50.6 Å². The van der Waals surface area contributed by atoms with Gasteiger partial charge in [0.15, 0.2) is 0 Å². The average Bonchev–Trinajstić information content (AvgIpc) is 2.82. The number of halogens is 3. The number of ether oxygens (including phenoxy) is 2. The van der Waals surface area contributed by atoms with Crippen LogP contribution in [-0.4, -0.2) is 84.8 Å². The largest absolute Gasteiger partial charge is 0.494 e. The van der Waals surface area contributed by atoms with Crippen LogP contribution in [0.25, 0.3) is 0 Å². The molecule has 0 spiro atoms. The van der Waals surface area contributed by atoms with Crippen LogP contribution in [-0.2, 0) is 20.9 Å². The van der Waals surface area contributed by atoms with Gasteiger partial charge in [0.2, 0.25) is 0 Å². The fourth-order valence-electron chi connectivity index (χ4n) is 3.80. The lowest BCUT2D eigenvalue weighted by Gasteiger charge is -2.29. The van der Waals surface area contributed by atoms with Gasteiger partial charge in [-0.2, -0.15) is 13.2 Å². The number of amidine groups is 1. The molecule has 2 aliphatic heterocycles. The summed E-state index contributed by atoms with van der Waals surface area (Å²) in [5.41, 5.74) is 1.33. The summed E-state index contributed by atoms with van der Waals surface area (Å²) in [7, 11) is 0. The van der Waals surface area contributed by atoms with Crippen molar-refractivity contribution in [1.29, 1.82) is 0 Å². The van der Waals surface area contributed by atoms with Gasteiger partial charge in [-0.05, 0) is 56.5 Å². The molecule has 1 saturated heterocycles. The first-order valence-corrected chi connectivity index (χ1v) is 11.8.